The van der Waals surface area contributed by atoms with Crippen molar-refractivity contribution in [2.24, 2.45) is 0 Å². The number of morpholine rings is 1. The van der Waals surface area contributed by atoms with Gasteiger partial charge in [-0.25, -0.2) is 4.79 Å². The van der Waals surface area contributed by atoms with Gasteiger partial charge >= 0.3 is 6.09 Å². The van der Waals surface area contributed by atoms with Crippen molar-refractivity contribution >= 4 is 11.7 Å². The predicted octanol–water partition coefficient (Wildman–Crippen LogP) is 5.81. The summed E-state index contributed by atoms with van der Waals surface area (Å²) in [7, 11) is 1.70. The van der Waals surface area contributed by atoms with Gasteiger partial charge in [-0.3, -0.25) is 4.90 Å². The Morgan fingerprint density at radius 3 is 2.37 bits per heavy atom. The van der Waals surface area contributed by atoms with Gasteiger partial charge in [0.2, 0.25) is 0 Å². The highest BCUT2D eigenvalue weighted by molar-refractivity contribution is 5.80. The van der Waals surface area contributed by atoms with E-state index in [4.69, 9.17) is 14.2 Å². The number of carbonyl (C=O) groups is 1. The van der Waals surface area contributed by atoms with Gasteiger partial charge in [0, 0.05) is 11.5 Å². The fourth-order valence-electron chi connectivity index (χ4n) is 5.81. The largest absolute Gasteiger partial charge is 0.496 e. The van der Waals surface area contributed by atoms with E-state index in [9.17, 15) is 4.79 Å². The fraction of sp³-hybridized carbons (Fsp3) is 0.300. The molecule has 1 saturated heterocycles. The second-order valence-electron chi connectivity index (χ2n) is 9.57. The quantitative estimate of drug-likeness (QED) is 0.486. The van der Waals surface area contributed by atoms with Gasteiger partial charge in [-0.15, -0.1) is 0 Å². The van der Waals surface area contributed by atoms with Crippen LogP contribution in [0.3, 0.4) is 0 Å². The van der Waals surface area contributed by atoms with Gasteiger partial charge in [0.25, 0.3) is 0 Å². The number of ether oxygens (including phenoxy) is 3. The minimum absolute atomic E-state index is 0.0511. The van der Waals surface area contributed by atoms with E-state index in [-0.39, 0.29) is 24.1 Å². The molecule has 0 spiro atoms. The maximum atomic E-state index is 13.4. The number of benzene rings is 3. The van der Waals surface area contributed by atoms with E-state index in [1.165, 1.54) is 27.8 Å². The molecule has 2 aliphatic heterocycles. The fourth-order valence-corrected chi connectivity index (χ4v) is 5.81. The van der Waals surface area contributed by atoms with Crippen molar-refractivity contribution in [1.82, 2.24) is 4.90 Å². The number of amides is 1. The van der Waals surface area contributed by atoms with Gasteiger partial charge in [0.1, 0.15) is 12.4 Å². The topological polar surface area (TPSA) is 48.0 Å². The third kappa shape index (κ3) is 3.80. The first-order valence-electron chi connectivity index (χ1n) is 12.2. The summed E-state index contributed by atoms with van der Waals surface area (Å²) in [5.41, 5.74) is 8.34. The second kappa shape index (κ2) is 8.90. The van der Waals surface area contributed by atoms with Gasteiger partial charge in [0.05, 0.1) is 32.4 Å². The number of carbonyl (C=O) groups excluding carboxylic acids is 1. The molecule has 3 aromatic carbocycles. The smallest absolute Gasteiger partial charge is 0.410 e. The number of aryl methyl sites for hydroxylation is 1. The molecule has 6 rings (SSSR count). The highest BCUT2D eigenvalue weighted by atomic mass is 16.6. The van der Waals surface area contributed by atoms with Crippen molar-refractivity contribution in [3.05, 3.63) is 95.1 Å². The molecule has 1 amide bonds. The molecule has 5 nitrogen and oxygen atoms in total. The van der Waals surface area contributed by atoms with Gasteiger partial charge in [-0.1, -0.05) is 66.7 Å². The summed E-state index contributed by atoms with van der Waals surface area (Å²) in [5.74, 6) is 0.917. The van der Waals surface area contributed by atoms with Gasteiger partial charge in [0.15, 0.2) is 0 Å². The molecule has 3 aromatic rings. The van der Waals surface area contributed by atoms with Crippen LogP contribution in [0.15, 0.2) is 72.8 Å². The molecule has 2 atom stereocenters. The van der Waals surface area contributed by atoms with Crippen LogP contribution in [0.4, 0.5) is 4.79 Å². The van der Waals surface area contributed by atoms with Crippen LogP contribution in [0, 0.1) is 6.92 Å². The van der Waals surface area contributed by atoms with Crippen LogP contribution in [0.5, 0.6) is 5.75 Å². The average Bonchev–Trinajstić information content (AvgIpc) is 3.20. The minimum atomic E-state index is -0.267. The molecule has 5 heteroatoms. The Hall–Kier alpha value is -3.57. The van der Waals surface area contributed by atoms with Crippen molar-refractivity contribution in [2.45, 2.75) is 31.3 Å². The Balaban J connectivity index is 1.23. The maximum Gasteiger partial charge on any atom is 0.410 e. The Morgan fingerprint density at radius 2 is 1.69 bits per heavy atom. The Labute approximate surface area is 205 Å². The highest BCUT2D eigenvalue weighted by Crippen LogP contribution is 2.45. The van der Waals surface area contributed by atoms with E-state index in [1.54, 1.807) is 7.11 Å². The lowest BCUT2D eigenvalue weighted by Gasteiger charge is -2.44. The Morgan fingerprint density at radius 1 is 0.971 bits per heavy atom. The number of rotatable bonds is 4. The zero-order valence-corrected chi connectivity index (χ0v) is 20.1. The Kier molecular flexibility index (Phi) is 5.57. The van der Waals surface area contributed by atoms with Crippen molar-refractivity contribution in [2.75, 3.05) is 26.9 Å². The van der Waals surface area contributed by atoms with Crippen molar-refractivity contribution < 1.29 is 19.0 Å². The number of hydrogen-bond acceptors (Lipinski definition) is 4. The van der Waals surface area contributed by atoms with E-state index in [0.717, 1.165) is 16.9 Å². The monoisotopic (exact) mass is 467 g/mol. The molecule has 0 saturated carbocycles. The summed E-state index contributed by atoms with van der Waals surface area (Å²) in [6.07, 6.45) is 2.58. The molecular formula is C30H29NO4. The van der Waals surface area contributed by atoms with Crippen LogP contribution in [0.2, 0.25) is 0 Å². The zero-order chi connectivity index (χ0) is 23.9. The van der Waals surface area contributed by atoms with Gasteiger partial charge in [-0.2, -0.15) is 0 Å². The molecule has 3 aliphatic rings. The summed E-state index contributed by atoms with van der Waals surface area (Å²) in [5, 5.41) is 0. The molecule has 35 heavy (non-hydrogen) atoms. The molecule has 0 radical (unpaired) electrons. The van der Waals surface area contributed by atoms with E-state index >= 15 is 0 Å². The first-order chi connectivity index (χ1) is 17.1. The standard InChI is InChI=1S/C30H29NO4/c1-19-11-12-23(29(13-19)33-2)20-14-21-16-34-17-22(15-20)31(21)30(32)35-18-28-26-9-5-3-7-24(26)25-8-4-6-10-27(25)28/h3-14,21-22,28H,15-18H2,1-2H3. The molecule has 0 aromatic heterocycles. The summed E-state index contributed by atoms with van der Waals surface area (Å²) >= 11 is 0. The molecule has 2 bridgehead atoms. The van der Waals surface area contributed by atoms with E-state index in [2.05, 4.69) is 79.7 Å². The van der Waals surface area contributed by atoms with Gasteiger partial charge < -0.3 is 14.2 Å². The second-order valence-corrected chi connectivity index (χ2v) is 9.57. The molecule has 1 fully saturated rings. The molecule has 2 heterocycles. The number of hydrogen-bond donors (Lipinski definition) is 0. The average molecular weight is 468 g/mol. The van der Waals surface area contributed by atoms with Crippen LogP contribution >= 0.6 is 0 Å². The lowest BCUT2D eigenvalue weighted by atomic mass is 9.89. The normalized spacial score (nSPS) is 20.6. The maximum absolute atomic E-state index is 13.4. The van der Waals surface area contributed by atoms with E-state index < -0.39 is 0 Å². The minimum Gasteiger partial charge on any atom is -0.496 e. The number of fused-ring (bicyclic) bond motifs is 5. The van der Waals surface area contributed by atoms with Crippen LogP contribution in [0.25, 0.3) is 16.7 Å². The number of nitrogens with zero attached hydrogens (tertiary/aromatic N) is 1. The predicted molar refractivity (Wildman–Crippen MR) is 136 cm³/mol. The summed E-state index contributed by atoms with van der Waals surface area (Å²) in [4.78, 5) is 15.3. The number of methoxy groups -OCH3 is 1. The summed E-state index contributed by atoms with van der Waals surface area (Å²) < 4.78 is 17.5. The van der Waals surface area contributed by atoms with Crippen molar-refractivity contribution in [1.29, 1.82) is 0 Å². The van der Waals surface area contributed by atoms with Crippen LogP contribution in [-0.2, 0) is 9.47 Å². The van der Waals surface area contributed by atoms with Crippen molar-refractivity contribution in [3.63, 3.8) is 0 Å². The van der Waals surface area contributed by atoms with Crippen LogP contribution < -0.4 is 4.74 Å². The third-order valence-corrected chi connectivity index (χ3v) is 7.45. The lowest BCUT2D eigenvalue weighted by Crippen LogP contribution is -2.56. The van der Waals surface area contributed by atoms with Crippen LogP contribution in [-0.4, -0.2) is 50.0 Å². The molecule has 0 N–H and O–H groups in total. The molecule has 2 unspecified atom stereocenters. The van der Waals surface area contributed by atoms with Crippen LogP contribution in [0.1, 0.15) is 34.6 Å². The summed E-state index contributed by atoms with van der Waals surface area (Å²) in [6, 6.07) is 22.9. The first-order valence-corrected chi connectivity index (χ1v) is 12.2. The Bertz CT molecular complexity index is 1270. The van der Waals surface area contributed by atoms with Crippen molar-refractivity contribution in [3.8, 4) is 16.9 Å². The molecular weight excluding hydrogens is 438 g/mol. The zero-order valence-electron chi connectivity index (χ0n) is 20.1. The lowest BCUT2D eigenvalue weighted by molar-refractivity contribution is -0.0331. The molecule has 178 valence electrons. The third-order valence-electron chi connectivity index (χ3n) is 7.45. The first kappa shape index (κ1) is 21.9. The SMILES string of the molecule is COc1cc(C)ccc1C1=CC2COCC(C1)N2C(=O)OCC1c2ccccc2-c2ccccc21. The van der Waals surface area contributed by atoms with E-state index in [0.29, 0.717) is 26.2 Å². The highest BCUT2D eigenvalue weighted by Gasteiger charge is 2.40. The molecule has 1 aliphatic carbocycles. The summed E-state index contributed by atoms with van der Waals surface area (Å²) in [6.45, 7) is 3.36. The van der Waals surface area contributed by atoms with E-state index in [1.807, 2.05) is 4.90 Å². The van der Waals surface area contributed by atoms with Gasteiger partial charge in [-0.05, 0) is 52.8 Å².